The molecule has 1 aliphatic heterocycles. The van der Waals surface area contributed by atoms with E-state index in [1.165, 1.54) is 0 Å². The Hall–Kier alpha value is -3.20. The lowest BCUT2D eigenvalue weighted by Crippen LogP contribution is -1.93. The fourth-order valence-corrected chi connectivity index (χ4v) is 2.18. The predicted molar refractivity (Wildman–Crippen MR) is 82.7 cm³/mol. The molecular formula is C17H14N2O4. The first-order valence-corrected chi connectivity index (χ1v) is 6.93. The molecule has 2 aromatic rings. The lowest BCUT2D eigenvalue weighted by molar-refractivity contribution is 0.132. The summed E-state index contributed by atoms with van der Waals surface area (Å²) < 4.78 is 15.9. The van der Waals surface area contributed by atoms with Gasteiger partial charge in [0.2, 0.25) is 12.5 Å². The van der Waals surface area contributed by atoms with Crippen LogP contribution in [0.4, 0.5) is 0 Å². The second-order valence-electron chi connectivity index (χ2n) is 4.73. The van der Waals surface area contributed by atoms with Crippen LogP contribution in [0.25, 0.3) is 0 Å². The SMILES string of the molecule is COc1cc(/C=N\OCc2ccccc2C#N)cc2c1OCO2. The van der Waals surface area contributed by atoms with E-state index in [4.69, 9.17) is 24.3 Å². The Bertz CT molecular complexity index is 781. The molecule has 0 N–H and O–H groups in total. The van der Waals surface area contributed by atoms with Crippen molar-refractivity contribution in [3.8, 4) is 23.3 Å². The molecule has 0 saturated carbocycles. The fraction of sp³-hybridized carbons (Fsp3) is 0.176. The van der Waals surface area contributed by atoms with Crippen LogP contribution in [0.15, 0.2) is 41.6 Å². The van der Waals surface area contributed by atoms with Crippen LogP contribution in [0.3, 0.4) is 0 Å². The molecule has 3 rings (SSSR count). The van der Waals surface area contributed by atoms with E-state index in [2.05, 4.69) is 11.2 Å². The highest BCUT2D eigenvalue weighted by Gasteiger charge is 2.19. The van der Waals surface area contributed by atoms with Crippen molar-refractivity contribution in [2.75, 3.05) is 13.9 Å². The van der Waals surface area contributed by atoms with Crippen molar-refractivity contribution in [2.45, 2.75) is 6.61 Å². The molecule has 2 aromatic carbocycles. The minimum atomic E-state index is 0.174. The molecule has 0 unspecified atom stereocenters. The van der Waals surface area contributed by atoms with Gasteiger partial charge in [0.15, 0.2) is 11.5 Å². The van der Waals surface area contributed by atoms with Gasteiger partial charge in [-0.15, -0.1) is 0 Å². The maximum absolute atomic E-state index is 9.02. The highest BCUT2D eigenvalue weighted by molar-refractivity contribution is 5.82. The predicted octanol–water partition coefficient (Wildman–Crippen LogP) is 2.85. The van der Waals surface area contributed by atoms with Crippen LogP contribution in [0, 0.1) is 11.3 Å². The quantitative estimate of drug-likeness (QED) is 0.627. The first-order chi connectivity index (χ1) is 11.3. The number of hydrogen-bond donors (Lipinski definition) is 0. The molecule has 0 fully saturated rings. The van der Waals surface area contributed by atoms with Crippen molar-refractivity contribution >= 4 is 6.21 Å². The number of rotatable bonds is 5. The number of fused-ring (bicyclic) bond motifs is 1. The van der Waals surface area contributed by atoms with Crippen LogP contribution in [0.1, 0.15) is 16.7 Å². The first kappa shape index (κ1) is 14.7. The maximum Gasteiger partial charge on any atom is 0.231 e. The van der Waals surface area contributed by atoms with Crippen LogP contribution in [0.2, 0.25) is 0 Å². The maximum atomic E-state index is 9.02. The normalized spacial score (nSPS) is 12.2. The second-order valence-corrected chi connectivity index (χ2v) is 4.73. The average molecular weight is 310 g/mol. The lowest BCUT2D eigenvalue weighted by Gasteiger charge is -2.05. The monoisotopic (exact) mass is 310 g/mol. The molecule has 0 aromatic heterocycles. The number of benzene rings is 2. The Labute approximate surface area is 133 Å². The van der Waals surface area contributed by atoms with Gasteiger partial charge in [-0.05, 0) is 18.2 Å². The van der Waals surface area contributed by atoms with Gasteiger partial charge >= 0.3 is 0 Å². The number of oxime groups is 1. The molecule has 0 atom stereocenters. The Morgan fingerprint density at radius 2 is 2.17 bits per heavy atom. The zero-order valence-electron chi connectivity index (χ0n) is 12.5. The fourth-order valence-electron chi connectivity index (χ4n) is 2.18. The summed E-state index contributed by atoms with van der Waals surface area (Å²) in [6.07, 6.45) is 1.56. The van der Waals surface area contributed by atoms with Crippen LogP contribution in [-0.4, -0.2) is 20.1 Å². The third-order valence-electron chi connectivity index (χ3n) is 3.31. The molecule has 1 heterocycles. The molecule has 0 spiro atoms. The Morgan fingerprint density at radius 1 is 1.30 bits per heavy atom. The molecule has 0 radical (unpaired) electrons. The summed E-state index contributed by atoms with van der Waals surface area (Å²) in [6, 6.07) is 12.9. The molecule has 0 amide bonds. The van der Waals surface area contributed by atoms with E-state index in [9.17, 15) is 0 Å². The molecular weight excluding hydrogens is 296 g/mol. The minimum absolute atomic E-state index is 0.174. The van der Waals surface area contributed by atoms with Crippen molar-refractivity contribution in [3.63, 3.8) is 0 Å². The van der Waals surface area contributed by atoms with Crippen molar-refractivity contribution in [3.05, 3.63) is 53.1 Å². The molecule has 116 valence electrons. The summed E-state index contributed by atoms with van der Waals surface area (Å²) in [5.74, 6) is 1.78. The summed E-state index contributed by atoms with van der Waals surface area (Å²) >= 11 is 0. The van der Waals surface area contributed by atoms with E-state index < -0.39 is 0 Å². The van der Waals surface area contributed by atoms with E-state index >= 15 is 0 Å². The van der Waals surface area contributed by atoms with Gasteiger partial charge in [0.1, 0.15) is 6.61 Å². The molecule has 0 saturated heterocycles. The van der Waals surface area contributed by atoms with Crippen molar-refractivity contribution < 1.29 is 19.0 Å². The van der Waals surface area contributed by atoms with E-state index in [0.29, 0.717) is 22.8 Å². The van der Waals surface area contributed by atoms with Gasteiger partial charge < -0.3 is 19.0 Å². The standard InChI is InChI=1S/C17H14N2O4/c1-20-15-6-12(7-16-17(15)22-11-21-16)9-19-23-10-14-5-3-2-4-13(14)8-18/h2-7,9H,10-11H2,1H3/b19-9-. The van der Waals surface area contributed by atoms with Gasteiger partial charge in [0.05, 0.1) is 25.0 Å². The van der Waals surface area contributed by atoms with E-state index in [1.807, 2.05) is 18.2 Å². The smallest absolute Gasteiger partial charge is 0.231 e. The van der Waals surface area contributed by atoms with Crippen molar-refractivity contribution in [2.24, 2.45) is 5.16 Å². The van der Waals surface area contributed by atoms with E-state index in [-0.39, 0.29) is 13.4 Å². The lowest BCUT2D eigenvalue weighted by atomic mass is 10.1. The van der Waals surface area contributed by atoms with Crippen molar-refractivity contribution in [1.82, 2.24) is 0 Å². The third kappa shape index (κ3) is 3.19. The Morgan fingerprint density at radius 3 is 3.00 bits per heavy atom. The summed E-state index contributed by atoms with van der Waals surface area (Å²) in [5, 5.41) is 12.9. The van der Waals surface area contributed by atoms with Gasteiger partial charge in [-0.25, -0.2) is 0 Å². The summed E-state index contributed by atoms with van der Waals surface area (Å²) in [5.41, 5.74) is 2.13. The topological polar surface area (TPSA) is 73.1 Å². The molecule has 1 aliphatic rings. The largest absolute Gasteiger partial charge is 0.493 e. The number of ether oxygens (including phenoxy) is 3. The molecule has 6 heteroatoms. The van der Waals surface area contributed by atoms with Gasteiger partial charge in [0.25, 0.3) is 0 Å². The zero-order valence-corrected chi connectivity index (χ0v) is 12.5. The summed E-state index contributed by atoms with van der Waals surface area (Å²) in [6.45, 7) is 0.398. The van der Waals surface area contributed by atoms with E-state index in [1.54, 1.807) is 31.5 Å². The number of hydrogen-bond acceptors (Lipinski definition) is 6. The van der Waals surface area contributed by atoms with Crippen LogP contribution in [0.5, 0.6) is 17.2 Å². The first-order valence-electron chi connectivity index (χ1n) is 6.93. The molecule has 0 aliphatic carbocycles. The highest BCUT2D eigenvalue weighted by Crippen LogP contribution is 2.41. The molecule has 23 heavy (non-hydrogen) atoms. The number of nitriles is 1. The van der Waals surface area contributed by atoms with Gasteiger partial charge in [0, 0.05) is 11.1 Å². The number of methoxy groups -OCH3 is 1. The Kier molecular flexibility index (Phi) is 4.29. The van der Waals surface area contributed by atoms with Crippen LogP contribution in [-0.2, 0) is 11.4 Å². The van der Waals surface area contributed by atoms with Crippen LogP contribution < -0.4 is 14.2 Å². The average Bonchev–Trinajstić information content (AvgIpc) is 3.06. The Balaban J connectivity index is 1.68. The molecule has 0 bridgehead atoms. The van der Waals surface area contributed by atoms with Crippen LogP contribution >= 0.6 is 0 Å². The molecule has 6 nitrogen and oxygen atoms in total. The zero-order chi connectivity index (χ0) is 16.1. The highest BCUT2D eigenvalue weighted by atomic mass is 16.7. The number of nitrogens with zero attached hydrogens (tertiary/aromatic N) is 2. The van der Waals surface area contributed by atoms with Gasteiger partial charge in [-0.1, -0.05) is 23.4 Å². The van der Waals surface area contributed by atoms with Crippen molar-refractivity contribution in [1.29, 1.82) is 5.26 Å². The minimum Gasteiger partial charge on any atom is -0.493 e. The summed E-state index contributed by atoms with van der Waals surface area (Å²) in [7, 11) is 1.56. The van der Waals surface area contributed by atoms with Gasteiger partial charge in [-0.2, -0.15) is 5.26 Å². The summed E-state index contributed by atoms with van der Waals surface area (Å²) in [4.78, 5) is 5.26. The third-order valence-corrected chi connectivity index (χ3v) is 3.31. The second kappa shape index (κ2) is 6.71. The van der Waals surface area contributed by atoms with E-state index in [0.717, 1.165) is 11.1 Å². The van der Waals surface area contributed by atoms with Gasteiger partial charge in [-0.3, -0.25) is 0 Å².